The topological polar surface area (TPSA) is 29.0 Å². The summed E-state index contributed by atoms with van der Waals surface area (Å²) in [4.78, 5) is 10.9. The van der Waals surface area contributed by atoms with Crippen molar-refractivity contribution in [2.24, 2.45) is 0 Å². The minimum absolute atomic E-state index is 0.101. The van der Waals surface area contributed by atoms with Crippen molar-refractivity contribution in [1.29, 1.82) is 0 Å². The molecule has 0 saturated carbocycles. The minimum Gasteiger partial charge on any atom is -0.311 e. The normalized spacial score (nSPS) is 11.5. The van der Waals surface area contributed by atoms with E-state index in [1.807, 2.05) is 49.1 Å². The van der Waals surface area contributed by atoms with E-state index in [9.17, 15) is 13.2 Å². The van der Waals surface area contributed by atoms with E-state index in [0.29, 0.717) is 11.4 Å². The number of rotatable bonds is 6. The van der Waals surface area contributed by atoms with Crippen molar-refractivity contribution in [2.75, 3.05) is 11.4 Å². The Bertz CT molecular complexity index is 930. The van der Waals surface area contributed by atoms with Gasteiger partial charge in [-0.1, -0.05) is 55.1 Å². The summed E-state index contributed by atoms with van der Waals surface area (Å²) in [5.41, 5.74) is 1.16. The minimum atomic E-state index is -4.52. The molecule has 0 unspecified atom stereocenters. The zero-order valence-corrected chi connectivity index (χ0v) is 16.4. The standard InChI is InChI=1S/C21H20F3N3S/c1-3-15-10-8-9-13-18(15)27(4-2)20-25-14-17(21(22,23)24)19(26-20)28-16-11-6-5-7-12-16/h5-14H,3-4H2,1-2H3. The fourth-order valence-electron chi connectivity index (χ4n) is 2.85. The second-order valence-corrected chi connectivity index (χ2v) is 7.09. The summed E-state index contributed by atoms with van der Waals surface area (Å²) in [6.07, 6.45) is -2.84. The third-order valence-corrected chi connectivity index (χ3v) is 5.24. The Morgan fingerprint density at radius 2 is 1.64 bits per heavy atom. The maximum absolute atomic E-state index is 13.5. The van der Waals surface area contributed by atoms with E-state index in [0.717, 1.165) is 35.6 Å². The van der Waals surface area contributed by atoms with Gasteiger partial charge in [-0.2, -0.15) is 13.2 Å². The number of nitrogens with zero attached hydrogens (tertiary/aromatic N) is 3. The molecule has 0 fully saturated rings. The van der Waals surface area contributed by atoms with Gasteiger partial charge in [-0.05, 0) is 37.1 Å². The first-order valence-corrected chi connectivity index (χ1v) is 9.78. The molecular formula is C21H20F3N3S. The van der Waals surface area contributed by atoms with Crippen LogP contribution in [0.2, 0.25) is 0 Å². The van der Waals surface area contributed by atoms with Crippen LogP contribution in [0.15, 0.2) is 70.7 Å². The van der Waals surface area contributed by atoms with Gasteiger partial charge in [0.25, 0.3) is 0 Å². The van der Waals surface area contributed by atoms with Crippen LogP contribution in [0.1, 0.15) is 25.0 Å². The Morgan fingerprint density at radius 3 is 2.29 bits per heavy atom. The predicted molar refractivity (Wildman–Crippen MR) is 106 cm³/mol. The molecule has 1 heterocycles. The molecule has 0 N–H and O–H groups in total. The second kappa shape index (κ2) is 8.65. The first-order valence-electron chi connectivity index (χ1n) is 8.96. The average Bonchev–Trinajstić information content (AvgIpc) is 2.69. The molecule has 28 heavy (non-hydrogen) atoms. The molecule has 3 nitrogen and oxygen atoms in total. The van der Waals surface area contributed by atoms with Gasteiger partial charge in [0.1, 0.15) is 10.6 Å². The van der Waals surface area contributed by atoms with E-state index < -0.39 is 11.7 Å². The second-order valence-electron chi connectivity index (χ2n) is 6.03. The van der Waals surface area contributed by atoms with Gasteiger partial charge in [0.05, 0.1) is 0 Å². The number of halogens is 3. The molecule has 0 aliphatic carbocycles. The Morgan fingerprint density at radius 1 is 0.964 bits per heavy atom. The van der Waals surface area contributed by atoms with E-state index in [1.165, 1.54) is 0 Å². The molecule has 0 amide bonds. The van der Waals surface area contributed by atoms with E-state index in [-0.39, 0.29) is 11.0 Å². The van der Waals surface area contributed by atoms with Gasteiger partial charge in [0.15, 0.2) is 0 Å². The van der Waals surface area contributed by atoms with Gasteiger partial charge in [0, 0.05) is 23.3 Å². The van der Waals surface area contributed by atoms with Crippen molar-refractivity contribution in [3.63, 3.8) is 0 Å². The molecule has 3 rings (SSSR count). The SMILES string of the molecule is CCc1ccccc1N(CC)c1ncc(C(F)(F)F)c(Sc2ccccc2)n1. The van der Waals surface area contributed by atoms with Crippen molar-refractivity contribution < 1.29 is 13.2 Å². The number of anilines is 2. The Labute approximate surface area is 166 Å². The fourth-order valence-corrected chi connectivity index (χ4v) is 3.77. The van der Waals surface area contributed by atoms with Gasteiger partial charge in [-0.25, -0.2) is 9.97 Å². The average molecular weight is 403 g/mol. The highest BCUT2D eigenvalue weighted by Crippen LogP contribution is 2.39. The summed E-state index contributed by atoms with van der Waals surface area (Å²) in [5, 5.41) is -0.101. The van der Waals surface area contributed by atoms with Crippen LogP contribution in [0.4, 0.5) is 24.8 Å². The molecule has 146 valence electrons. The molecule has 0 saturated heterocycles. The number of aromatic nitrogens is 2. The van der Waals surface area contributed by atoms with Gasteiger partial charge in [-0.15, -0.1) is 0 Å². The van der Waals surface area contributed by atoms with Gasteiger partial charge in [0.2, 0.25) is 5.95 Å². The van der Waals surface area contributed by atoms with Crippen LogP contribution in [-0.2, 0) is 12.6 Å². The first kappa shape index (κ1) is 20.2. The molecule has 1 aromatic heterocycles. The maximum Gasteiger partial charge on any atom is 0.420 e. The quantitative estimate of drug-likeness (QED) is 0.447. The van der Waals surface area contributed by atoms with E-state index in [4.69, 9.17) is 0 Å². The lowest BCUT2D eigenvalue weighted by molar-refractivity contribution is -0.140. The molecule has 0 atom stereocenters. The molecule has 0 radical (unpaired) electrons. The van der Waals surface area contributed by atoms with Gasteiger partial charge in [-0.3, -0.25) is 0 Å². The van der Waals surface area contributed by atoms with Crippen LogP contribution in [0.3, 0.4) is 0 Å². The highest BCUT2D eigenvalue weighted by Gasteiger charge is 2.36. The van der Waals surface area contributed by atoms with E-state index >= 15 is 0 Å². The summed E-state index contributed by atoms with van der Waals surface area (Å²) >= 11 is 0.991. The largest absolute Gasteiger partial charge is 0.420 e. The molecule has 0 spiro atoms. The Kier molecular flexibility index (Phi) is 6.24. The Hall–Kier alpha value is -2.54. The van der Waals surface area contributed by atoms with Gasteiger partial charge >= 0.3 is 6.18 Å². The first-order chi connectivity index (χ1) is 13.4. The van der Waals surface area contributed by atoms with Crippen LogP contribution >= 0.6 is 11.8 Å². The molecule has 2 aromatic carbocycles. The zero-order chi connectivity index (χ0) is 20.1. The summed E-state index contributed by atoms with van der Waals surface area (Å²) in [6.45, 7) is 4.51. The van der Waals surface area contributed by atoms with E-state index in [2.05, 4.69) is 9.97 Å². The third kappa shape index (κ3) is 4.47. The van der Waals surface area contributed by atoms with Crippen molar-refractivity contribution in [2.45, 2.75) is 36.4 Å². The summed E-state index contributed by atoms with van der Waals surface area (Å²) in [5.74, 6) is 0.259. The van der Waals surface area contributed by atoms with Crippen LogP contribution < -0.4 is 4.90 Å². The highest BCUT2D eigenvalue weighted by molar-refractivity contribution is 7.99. The summed E-state index contributed by atoms with van der Waals surface area (Å²) in [6, 6.07) is 16.7. The number of hydrogen-bond acceptors (Lipinski definition) is 4. The van der Waals surface area contributed by atoms with Crippen LogP contribution in [0.25, 0.3) is 0 Å². The van der Waals surface area contributed by atoms with Gasteiger partial charge < -0.3 is 4.90 Å². The van der Waals surface area contributed by atoms with E-state index in [1.54, 1.807) is 24.3 Å². The van der Waals surface area contributed by atoms with Crippen LogP contribution in [0.5, 0.6) is 0 Å². The number of aryl methyl sites for hydroxylation is 1. The lowest BCUT2D eigenvalue weighted by Gasteiger charge is -2.24. The molecule has 0 aliphatic rings. The highest BCUT2D eigenvalue weighted by atomic mass is 32.2. The maximum atomic E-state index is 13.5. The van der Waals surface area contributed by atoms with Crippen molar-refractivity contribution in [3.8, 4) is 0 Å². The smallest absolute Gasteiger partial charge is 0.311 e. The fraction of sp³-hybridized carbons (Fsp3) is 0.238. The predicted octanol–water partition coefficient (Wildman–Crippen LogP) is 6.37. The zero-order valence-electron chi connectivity index (χ0n) is 15.6. The Balaban J connectivity index is 2.07. The summed E-state index contributed by atoms with van der Waals surface area (Å²) < 4.78 is 40.5. The molecule has 0 aliphatic heterocycles. The third-order valence-electron chi connectivity index (χ3n) is 4.23. The lowest BCUT2D eigenvalue weighted by atomic mass is 10.1. The number of hydrogen-bond donors (Lipinski definition) is 0. The van der Waals surface area contributed by atoms with Crippen LogP contribution in [-0.4, -0.2) is 16.5 Å². The number of para-hydroxylation sites is 1. The monoisotopic (exact) mass is 403 g/mol. The number of alkyl halides is 3. The van der Waals surface area contributed by atoms with Crippen molar-refractivity contribution in [3.05, 3.63) is 71.9 Å². The summed E-state index contributed by atoms with van der Waals surface area (Å²) in [7, 11) is 0. The molecule has 7 heteroatoms. The number of benzene rings is 2. The molecule has 0 bridgehead atoms. The van der Waals surface area contributed by atoms with Crippen molar-refractivity contribution in [1.82, 2.24) is 9.97 Å². The lowest BCUT2D eigenvalue weighted by Crippen LogP contribution is -2.21. The van der Waals surface area contributed by atoms with Crippen molar-refractivity contribution >= 4 is 23.4 Å². The molecular weight excluding hydrogens is 383 g/mol. The van der Waals surface area contributed by atoms with Crippen LogP contribution in [0, 0.1) is 0 Å². The molecule has 3 aromatic rings.